The number of Topliss-reactive ketones (excluding diaryl/α,β-unsaturated/α-hetero) is 1. The molecule has 4 rings (SSSR count). The van der Waals surface area contributed by atoms with Gasteiger partial charge in [0.05, 0.1) is 23.8 Å². The first-order valence-corrected chi connectivity index (χ1v) is 13.0. The number of aromatic nitrogens is 1. The number of carbonyl (C=O) groups excluding carboxylic acids is 1. The molecule has 184 valence electrons. The molecule has 0 spiro atoms. The Labute approximate surface area is 203 Å². The van der Waals surface area contributed by atoms with Crippen LogP contribution in [0.4, 0.5) is 0 Å². The van der Waals surface area contributed by atoms with Gasteiger partial charge in [-0.1, -0.05) is 50.6 Å². The third kappa shape index (κ3) is 5.14. The standard InChI is InChI=1S/C29H39NO4/c1-4-20(28-18(2)13-16-25(34-28)19(3)29(32)33)8-5-10-22-15-14-21-9-6-11-23(21)26(22)27(31)24-12-7-17-30-24/h5,7-8,10,12,14-15,17-19,21-23,25-26,28,30H,4,6,9,11,13,16H2,1-3H3,(H,32,33)/b10-5+,20-8+/t18-,19+,21-,22-,23+,25+,26+,28+/m1/s1. The summed E-state index contributed by atoms with van der Waals surface area (Å²) in [5.41, 5.74) is 1.90. The lowest BCUT2D eigenvalue weighted by atomic mass is 9.69. The van der Waals surface area contributed by atoms with Gasteiger partial charge in [-0.15, -0.1) is 0 Å². The number of carboxylic acid groups (broad SMARTS) is 1. The summed E-state index contributed by atoms with van der Waals surface area (Å²) < 4.78 is 6.33. The Morgan fingerprint density at radius 3 is 2.76 bits per heavy atom. The fraction of sp³-hybridized carbons (Fsp3) is 0.586. The number of fused-ring (bicyclic) bond motifs is 1. The minimum atomic E-state index is -0.799. The Balaban J connectivity index is 1.53. The van der Waals surface area contributed by atoms with Crippen molar-refractivity contribution in [1.29, 1.82) is 0 Å². The highest BCUT2D eigenvalue weighted by atomic mass is 16.5. The third-order valence-corrected chi connectivity index (χ3v) is 8.36. The van der Waals surface area contributed by atoms with Crippen LogP contribution in [-0.4, -0.2) is 34.1 Å². The monoisotopic (exact) mass is 465 g/mol. The smallest absolute Gasteiger partial charge is 0.308 e. The van der Waals surface area contributed by atoms with Crippen molar-refractivity contribution >= 4 is 11.8 Å². The topological polar surface area (TPSA) is 79.4 Å². The highest BCUT2D eigenvalue weighted by molar-refractivity contribution is 5.97. The number of ketones is 1. The largest absolute Gasteiger partial charge is 0.481 e. The first-order chi connectivity index (χ1) is 16.4. The van der Waals surface area contributed by atoms with E-state index in [0.717, 1.165) is 25.7 Å². The molecule has 3 aliphatic rings. The zero-order valence-corrected chi connectivity index (χ0v) is 20.7. The first-order valence-electron chi connectivity index (χ1n) is 13.0. The molecule has 2 fully saturated rings. The SMILES string of the molecule is CC/C(=C\C=C\[C@@H]1C=C[C@H]2CCC[C@@H]2[C@H]1C(=O)c1ccc[nH]1)[C@H]1O[C@H]([C@H](C)C(=O)O)CC[C@H]1C. The molecule has 0 bridgehead atoms. The predicted molar refractivity (Wildman–Crippen MR) is 133 cm³/mol. The lowest BCUT2D eigenvalue weighted by Gasteiger charge is -2.37. The lowest BCUT2D eigenvalue weighted by molar-refractivity contribution is -0.152. The molecule has 1 aliphatic heterocycles. The molecule has 0 aromatic carbocycles. The van der Waals surface area contributed by atoms with Crippen molar-refractivity contribution in [1.82, 2.24) is 4.98 Å². The molecule has 2 N–H and O–H groups in total. The van der Waals surface area contributed by atoms with E-state index in [4.69, 9.17) is 4.74 Å². The molecule has 8 atom stereocenters. The van der Waals surface area contributed by atoms with E-state index in [1.807, 2.05) is 18.3 Å². The van der Waals surface area contributed by atoms with Crippen molar-refractivity contribution in [2.45, 2.75) is 71.5 Å². The summed E-state index contributed by atoms with van der Waals surface area (Å²) >= 11 is 0. The van der Waals surface area contributed by atoms with Crippen molar-refractivity contribution in [2.24, 2.45) is 35.5 Å². The maximum atomic E-state index is 13.4. The second-order valence-electron chi connectivity index (χ2n) is 10.5. The van der Waals surface area contributed by atoms with Gasteiger partial charge in [0.25, 0.3) is 0 Å². The van der Waals surface area contributed by atoms with E-state index in [-0.39, 0.29) is 29.8 Å². The number of rotatable bonds is 8. The highest BCUT2D eigenvalue weighted by Gasteiger charge is 2.42. The number of nitrogens with one attached hydrogen (secondary N) is 1. The average molecular weight is 466 g/mol. The quantitative estimate of drug-likeness (QED) is 0.272. The molecule has 0 unspecified atom stereocenters. The summed E-state index contributed by atoms with van der Waals surface area (Å²) in [7, 11) is 0. The Bertz CT molecular complexity index is 943. The van der Waals surface area contributed by atoms with Gasteiger partial charge in [-0.05, 0) is 74.5 Å². The zero-order chi connectivity index (χ0) is 24.2. The van der Waals surface area contributed by atoms with Crippen LogP contribution in [0, 0.1) is 35.5 Å². The summed E-state index contributed by atoms with van der Waals surface area (Å²) in [6.07, 6.45) is 18.6. The minimum Gasteiger partial charge on any atom is -0.481 e. The van der Waals surface area contributed by atoms with Gasteiger partial charge >= 0.3 is 5.97 Å². The third-order valence-electron chi connectivity index (χ3n) is 8.36. The Morgan fingerprint density at radius 2 is 2.06 bits per heavy atom. The Kier molecular flexibility index (Phi) is 7.92. The van der Waals surface area contributed by atoms with Crippen molar-refractivity contribution < 1.29 is 19.4 Å². The molecule has 1 aromatic heterocycles. The Hall–Kier alpha value is -2.40. The number of ether oxygens (including phenoxy) is 1. The summed E-state index contributed by atoms with van der Waals surface area (Å²) in [5.74, 6) is 0.237. The van der Waals surface area contributed by atoms with E-state index in [2.05, 4.69) is 49.2 Å². The summed E-state index contributed by atoms with van der Waals surface area (Å²) in [4.78, 5) is 28.0. The number of H-pyrrole nitrogens is 1. The van der Waals surface area contributed by atoms with Crippen LogP contribution in [0.3, 0.4) is 0 Å². The minimum absolute atomic E-state index is 0.0310. The molecule has 2 aliphatic carbocycles. The van der Waals surface area contributed by atoms with E-state index in [9.17, 15) is 14.7 Å². The van der Waals surface area contributed by atoms with E-state index in [0.29, 0.717) is 23.4 Å². The van der Waals surface area contributed by atoms with Crippen LogP contribution in [0.2, 0.25) is 0 Å². The molecule has 1 aromatic rings. The summed E-state index contributed by atoms with van der Waals surface area (Å²) in [6.45, 7) is 6.05. The predicted octanol–water partition coefficient (Wildman–Crippen LogP) is 6.21. The van der Waals surface area contributed by atoms with Crippen molar-refractivity contribution in [3.8, 4) is 0 Å². The van der Waals surface area contributed by atoms with Gasteiger partial charge in [0.1, 0.15) is 0 Å². The number of allylic oxidation sites excluding steroid dienone is 5. The second-order valence-corrected chi connectivity index (χ2v) is 10.5. The van der Waals surface area contributed by atoms with Crippen molar-refractivity contribution in [3.63, 3.8) is 0 Å². The van der Waals surface area contributed by atoms with Gasteiger partial charge in [0.2, 0.25) is 0 Å². The molecule has 5 heteroatoms. The van der Waals surface area contributed by atoms with Gasteiger partial charge in [0.15, 0.2) is 5.78 Å². The van der Waals surface area contributed by atoms with Crippen molar-refractivity contribution in [2.75, 3.05) is 0 Å². The van der Waals surface area contributed by atoms with Crippen LogP contribution in [0.1, 0.15) is 69.8 Å². The average Bonchev–Trinajstić information content (AvgIpc) is 3.53. The van der Waals surface area contributed by atoms with E-state index in [1.54, 1.807) is 6.92 Å². The molecule has 1 saturated heterocycles. The molecular formula is C29H39NO4. The molecule has 0 amide bonds. The first kappa shape index (κ1) is 24.7. The molecule has 0 radical (unpaired) electrons. The van der Waals surface area contributed by atoms with Crippen LogP contribution in [0.15, 0.2) is 54.3 Å². The molecule has 5 nitrogen and oxygen atoms in total. The number of aliphatic carboxylic acids is 1. The molecular weight excluding hydrogens is 426 g/mol. The molecule has 2 heterocycles. The number of hydrogen-bond donors (Lipinski definition) is 2. The van der Waals surface area contributed by atoms with Gasteiger partial charge in [-0.2, -0.15) is 0 Å². The normalized spacial score (nSPS) is 34.8. The summed E-state index contributed by atoms with van der Waals surface area (Å²) in [5, 5.41) is 9.43. The second kappa shape index (κ2) is 10.9. The van der Waals surface area contributed by atoms with Gasteiger partial charge in [-0.3, -0.25) is 9.59 Å². The Morgan fingerprint density at radius 1 is 1.24 bits per heavy atom. The van der Waals surface area contributed by atoms with Gasteiger partial charge < -0.3 is 14.8 Å². The maximum Gasteiger partial charge on any atom is 0.308 e. The fourth-order valence-corrected chi connectivity index (χ4v) is 6.26. The lowest BCUT2D eigenvalue weighted by Crippen LogP contribution is -2.40. The summed E-state index contributed by atoms with van der Waals surface area (Å²) in [6, 6.07) is 3.78. The number of aromatic amines is 1. The van der Waals surface area contributed by atoms with Gasteiger partial charge in [-0.25, -0.2) is 0 Å². The highest BCUT2D eigenvalue weighted by Crippen LogP contribution is 2.46. The maximum absolute atomic E-state index is 13.4. The number of carboxylic acids is 1. The van der Waals surface area contributed by atoms with E-state index < -0.39 is 11.9 Å². The van der Waals surface area contributed by atoms with Crippen LogP contribution in [0.5, 0.6) is 0 Å². The zero-order valence-electron chi connectivity index (χ0n) is 20.7. The molecule has 34 heavy (non-hydrogen) atoms. The van der Waals surface area contributed by atoms with E-state index >= 15 is 0 Å². The van der Waals surface area contributed by atoms with Crippen molar-refractivity contribution in [3.05, 3.63) is 60.0 Å². The van der Waals surface area contributed by atoms with Crippen LogP contribution >= 0.6 is 0 Å². The number of hydrogen-bond acceptors (Lipinski definition) is 3. The number of carbonyl (C=O) groups is 2. The fourth-order valence-electron chi connectivity index (χ4n) is 6.26. The van der Waals surface area contributed by atoms with Crippen LogP contribution < -0.4 is 0 Å². The van der Waals surface area contributed by atoms with E-state index in [1.165, 1.54) is 18.4 Å². The van der Waals surface area contributed by atoms with Gasteiger partial charge in [0, 0.05) is 18.0 Å². The van der Waals surface area contributed by atoms with Crippen LogP contribution in [-0.2, 0) is 9.53 Å². The van der Waals surface area contributed by atoms with Crippen LogP contribution in [0.25, 0.3) is 0 Å². The molecule has 1 saturated carbocycles.